The van der Waals surface area contributed by atoms with Gasteiger partial charge >= 0.3 is 0 Å². The van der Waals surface area contributed by atoms with Gasteiger partial charge in [0.2, 0.25) is 5.91 Å². The van der Waals surface area contributed by atoms with E-state index in [4.69, 9.17) is 0 Å². The summed E-state index contributed by atoms with van der Waals surface area (Å²) >= 11 is 3.67. The summed E-state index contributed by atoms with van der Waals surface area (Å²) in [7, 11) is 0. The Morgan fingerprint density at radius 2 is 1.76 bits per heavy atom. The van der Waals surface area contributed by atoms with Crippen molar-refractivity contribution in [3.05, 3.63) is 0 Å². The molecule has 0 saturated heterocycles. The molecular formula is C18H28BrNO. The lowest BCUT2D eigenvalue weighted by molar-refractivity contribution is -0.157. The number of carbonyl (C=O) groups excluding carboxylic acids is 1. The van der Waals surface area contributed by atoms with Crippen LogP contribution < -0.4 is 5.32 Å². The van der Waals surface area contributed by atoms with E-state index in [9.17, 15) is 4.79 Å². The molecule has 0 aromatic carbocycles. The third-order valence-corrected chi connectivity index (χ3v) is 8.10. The zero-order chi connectivity index (χ0) is 14.7. The molecule has 0 spiro atoms. The third-order valence-electron chi connectivity index (χ3n) is 7.03. The van der Waals surface area contributed by atoms with Gasteiger partial charge in [0.1, 0.15) is 0 Å². The number of amides is 1. The van der Waals surface area contributed by atoms with E-state index in [-0.39, 0.29) is 11.0 Å². The molecule has 1 amide bonds. The van der Waals surface area contributed by atoms with Crippen molar-refractivity contribution in [2.75, 3.05) is 5.33 Å². The van der Waals surface area contributed by atoms with Crippen molar-refractivity contribution < 1.29 is 4.79 Å². The molecule has 0 aromatic rings. The highest BCUT2D eigenvalue weighted by Gasteiger charge is 2.59. The van der Waals surface area contributed by atoms with Crippen LogP contribution in [0.5, 0.6) is 0 Å². The Morgan fingerprint density at radius 1 is 1.14 bits per heavy atom. The van der Waals surface area contributed by atoms with Crippen LogP contribution in [0.2, 0.25) is 0 Å². The van der Waals surface area contributed by atoms with Gasteiger partial charge in [-0.25, -0.2) is 0 Å². The van der Waals surface area contributed by atoms with Gasteiger partial charge in [0.15, 0.2) is 0 Å². The number of hydrogen-bond acceptors (Lipinski definition) is 1. The molecule has 3 heteroatoms. The summed E-state index contributed by atoms with van der Waals surface area (Å²) in [6, 6.07) is 0. The van der Waals surface area contributed by atoms with E-state index < -0.39 is 0 Å². The maximum atomic E-state index is 13.2. The average Bonchev–Trinajstić information content (AvgIpc) is 2.85. The van der Waals surface area contributed by atoms with Crippen LogP contribution >= 0.6 is 15.9 Å². The second kappa shape index (κ2) is 4.72. The summed E-state index contributed by atoms with van der Waals surface area (Å²) in [5, 5.41) is 4.45. The Morgan fingerprint density at radius 3 is 2.29 bits per heavy atom. The molecule has 5 aliphatic carbocycles. The fraction of sp³-hybridized carbons (Fsp3) is 0.944. The molecule has 2 atom stereocenters. The summed E-state index contributed by atoms with van der Waals surface area (Å²) in [4.78, 5) is 13.2. The first-order valence-corrected chi connectivity index (χ1v) is 9.97. The zero-order valence-corrected chi connectivity index (χ0v) is 14.8. The van der Waals surface area contributed by atoms with Gasteiger partial charge in [-0.15, -0.1) is 0 Å². The molecule has 118 valence electrons. The minimum Gasteiger partial charge on any atom is -0.349 e. The predicted octanol–water partition coefficient (Wildman–Crippen LogP) is 4.42. The molecular weight excluding hydrogens is 326 g/mol. The van der Waals surface area contributed by atoms with Gasteiger partial charge in [-0.2, -0.15) is 0 Å². The minimum atomic E-state index is -0.0173. The van der Waals surface area contributed by atoms with Crippen LogP contribution in [0.1, 0.15) is 71.1 Å². The lowest BCUT2D eigenvalue weighted by Crippen LogP contribution is -2.60. The van der Waals surface area contributed by atoms with E-state index in [1.165, 1.54) is 44.9 Å². The van der Waals surface area contributed by atoms with Crippen LogP contribution in [0, 0.1) is 22.7 Å². The Bertz CT molecular complexity index is 440. The molecule has 5 fully saturated rings. The van der Waals surface area contributed by atoms with Crippen LogP contribution in [0.4, 0.5) is 0 Å². The first-order valence-electron chi connectivity index (χ1n) is 8.85. The lowest BCUT2D eigenvalue weighted by Gasteiger charge is -2.60. The van der Waals surface area contributed by atoms with Crippen molar-refractivity contribution in [2.24, 2.45) is 22.7 Å². The molecule has 5 rings (SSSR count). The van der Waals surface area contributed by atoms with Gasteiger partial charge < -0.3 is 5.32 Å². The number of halogens is 1. The fourth-order valence-electron chi connectivity index (χ4n) is 6.70. The summed E-state index contributed by atoms with van der Waals surface area (Å²) in [5.41, 5.74) is 0.497. The molecule has 0 aliphatic heterocycles. The number of hydrogen-bond donors (Lipinski definition) is 1. The highest BCUT2D eigenvalue weighted by Crippen LogP contribution is 2.65. The molecule has 2 nitrogen and oxygen atoms in total. The average molecular weight is 354 g/mol. The van der Waals surface area contributed by atoms with Gasteiger partial charge in [-0.1, -0.05) is 35.7 Å². The summed E-state index contributed by atoms with van der Waals surface area (Å²) < 4.78 is 0. The smallest absolute Gasteiger partial charge is 0.226 e. The number of carbonyl (C=O) groups is 1. The normalized spacial score (nSPS) is 46.8. The Balaban J connectivity index is 1.56. The zero-order valence-electron chi connectivity index (χ0n) is 13.2. The van der Waals surface area contributed by atoms with Crippen molar-refractivity contribution in [1.82, 2.24) is 5.32 Å². The fourth-order valence-corrected chi connectivity index (χ4v) is 7.40. The molecule has 5 aliphatic rings. The van der Waals surface area contributed by atoms with E-state index >= 15 is 0 Å². The van der Waals surface area contributed by atoms with Crippen molar-refractivity contribution in [2.45, 2.75) is 76.7 Å². The van der Waals surface area contributed by atoms with Gasteiger partial charge in [0, 0.05) is 10.9 Å². The topological polar surface area (TPSA) is 29.1 Å². The number of nitrogens with one attached hydrogen (secondary N) is 1. The van der Waals surface area contributed by atoms with Crippen molar-refractivity contribution in [3.63, 3.8) is 0 Å². The quantitative estimate of drug-likeness (QED) is 0.747. The Hall–Kier alpha value is -0.0500. The predicted molar refractivity (Wildman–Crippen MR) is 88.4 cm³/mol. The molecule has 4 bridgehead atoms. The number of rotatable bonds is 3. The molecule has 0 aromatic heterocycles. The second-order valence-electron chi connectivity index (χ2n) is 9.13. The molecule has 0 heterocycles. The van der Waals surface area contributed by atoms with E-state index in [0.29, 0.717) is 11.3 Å². The van der Waals surface area contributed by atoms with Crippen LogP contribution in [0.15, 0.2) is 0 Å². The molecule has 1 N–H and O–H groups in total. The van der Waals surface area contributed by atoms with Crippen molar-refractivity contribution >= 4 is 21.8 Å². The summed E-state index contributed by atoms with van der Waals surface area (Å²) in [5.74, 6) is 2.06. The third kappa shape index (κ3) is 2.29. The Labute approximate surface area is 136 Å². The minimum absolute atomic E-state index is 0.0173. The molecule has 5 saturated carbocycles. The van der Waals surface area contributed by atoms with Crippen LogP contribution in [-0.4, -0.2) is 16.8 Å². The van der Waals surface area contributed by atoms with Crippen LogP contribution in [0.3, 0.4) is 0 Å². The second-order valence-corrected chi connectivity index (χ2v) is 9.69. The molecule has 2 unspecified atom stereocenters. The maximum absolute atomic E-state index is 13.2. The first-order chi connectivity index (χ1) is 9.97. The summed E-state index contributed by atoms with van der Waals surface area (Å²) in [6.45, 7) is 2.45. The van der Waals surface area contributed by atoms with E-state index in [1.807, 2.05) is 0 Å². The lowest BCUT2D eigenvalue weighted by atomic mass is 9.44. The highest BCUT2D eigenvalue weighted by molar-refractivity contribution is 9.09. The molecule has 0 radical (unpaired) electrons. The van der Waals surface area contributed by atoms with E-state index in [2.05, 4.69) is 28.2 Å². The highest BCUT2D eigenvalue weighted by atomic mass is 79.9. The van der Waals surface area contributed by atoms with Crippen molar-refractivity contribution in [1.29, 1.82) is 0 Å². The standard InChI is InChI=1S/C18H28BrNO/c1-16-7-13-6-14(8-16)10-17(9-13,11-16)15(21)20-18(12-19)4-2-3-5-18/h13-14H,2-12H2,1H3,(H,20,21). The van der Waals surface area contributed by atoms with Gasteiger partial charge in [-0.05, 0) is 68.6 Å². The van der Waals surface area contributed by atoms with Crippen molar-refractivity contribution in [3.8, 4) is 0 Å². The van der Waals surface area contributed by atoms with Gasteiger partial charge in [0.25, 0.3) is 0 Å². The Kier molecular flexibility index (Phi) is 3.27. The van der Waals surface area contributed by atoms with Crippen LogP contribution in [-0.2, 0) is 4.79 Å². The SMILES string of the molecule is CC12CC3CC(C1)CC(C(=O)NC1(CBr)CCCC1)(C3)C2. The number of alkyl halides is 1. The van der Waals surface area contributed by atoms with E-state index in [0.717, 1.165) is 36.4 Å². The molecule has 21 heavy (non-hydrogen) atoms. The van der Waals surface area contributed by atoms with Gasteiger partial charge in [0.05, 0.1) is 5.41 Å². The van der Waals surface area contributed by atoms with E-state index in [1.54, 1.807) is 0 Å². The van der Waals surface area contributed by atoms with Crippen LogP contribution in [0.25, 0.3) is 0 Å². The largest absolute Gasteiger partial charge is 0.349 e. The maximum Gasteiger partial charge on any atom is 0.226 e. The first kappa shape index (κ1) is 14.5. The summed E-state index contributed by atoms with van der Waals surface area (Å²) in [6.07, 6.45) is 12.5. The van der Waals surface area contributed by atoms with Gasteiger partial charge in [-0.3, -0.25) is 4.79 Å². The monoisotopic (exact) mass is 353 g/mol.